The zero-order valence-corrected chi connectivity index (χ0v) is 16.8. The van der Waals surface area contributed by atoms with E-state index >= 15 is 0 Å². The zero-order valence-electron chi connectivity index (χ0n) is 16.0. The fraction of sp³-hybridized carbons (Fsp3) is 0.550. The smallest absolute Gasteiger partial charge is 0.493 e. The molecule has 0 amide bonds. The molecule has 1 aliphatic heterocycles. The molecule has 0 spiro atoms. The number of benzene rings is 1. The van der Waals surface area contributed by atoms with Crippen molar-refractivity contribution in [3.05, 3.63) is 30.6 Å². The monoisotopic (exact) mass is 431 g/mol. The highest BCUT2D eigenvalue weighted by atomic mass is 35.5. The van der Waals surface area contributed by atoms with Crippen LogP contribution >= 0.6 is 12.4 Å². The lowest BCUT2D eigenvalue weighted by molar-refractivity contribution is -0.274. The van der Waals surface area contributed by atoms with Crippen LogP contribution in [0, 0.1) is 5.92 Å². The molecule has 2 aromatic rings. The van der Waals surface area contributed by atoms with Gasteiger partial charge in [-0.25, -0.2) is 0 Å². The summed E-state index contributed by atoms with van der Waals surface area (Å²) in [5, 5.41) is 7.81. The second-order valence-corrected chi connectivity index (χ2v) is 7.50. The average molecular weight is 432 g/mol. The summed E-state index contributed by atoms with van der Waals surface area (Å²) in [6, 6.07) is 4.59. The molecule has 1 saturated heterocycles. The first-order chi connectivity index (χ1) is 13.5. The predicted molar refractivity (Wildman–Crippen MR) is 106 cm³/mol. The van der Waals surface area contributed by atoms with Crippen LogP contribution in [0.25, 0.3) is 11.1 Å². The van der Waals surface area contributed by atoms with Gasteiger partial charge in [-0.1, -0.05) is 6.42 Å². The largest absolute Gasteiger partial charge is 0.573 e. The molecule has 1 aromatic heterocycles. The maximum absolute atomic E-state index is 12.6. The van der Waals surface area contributed by atoms with E-state index < -0.39 is 6.36 Å². The SMILES string of the molecule is Cl.FC(F)(F)Oc1ccc(-c2cnn(C3CCNCC3)c2)c(OCC2CCC2)c1. The number of alkyl halides is 3. The standard InChI is InChI=1S/C20H24F3N3O2.ClH/c21-20(22,23)28-17-4-5-18(19(10-17)27-13-14-2-1-3-14)15-11-25-26(12-15)16-6-8-24-9-7-16;/h4-5,10-12,14,16,24H,1-3,6-9,13H2;1H. The zero-order chi connectivity index (χ0) is 19.6. The van der Waals surface area contributed by atoms with Crippen LogP contribution in [0.1, 0.15) is 38.1 Å². The second kappa shape index (κ2) is 9.26. The van der Waals surface area contributed by atoms with E-state index in [9.17, 15) is 13.2 Å². The summed E-state index contributed by atoms with van der Waals surface area (Å²) in [5.74, 6) is 0.599. The lowest BCUT2D eigenvalue weighted by Gasteiger charge is -2.26. The minimum Gasteiger partial charge on any atom is -0.493 e. The molecule has 0 bridgehead atoms. The van der Waals surface area contributed by atoms with E-state index in [1.165, 1.54) is 18.6 Å². The molecule has 29 heavy (non-hydrogen) atoms. The van der Waals surface area contributed by atoms with Crippen molar-refractivity contribution in [2.24, 2.45) is 5.92 Å². The predicted octanol–water partition coefficient (Wildman–Crippen LogP) is 4.97. The molecular formula is C20H25ClF3N3O2. The van der Waals surface area contributed by atoms with Crippen LogP contribution < -0.4 is 14.8 Å². The van der Waals surface area contributed by atoms with E-state index in [1.54, 1.807) is 12.3 Å². The molecule has 0 unspecified atom stereocenters. The first kappa shape index (κ1) is 21.8. The summed E-state index contributed by atoms with van der Waals surface area (Å²) >= 11 is 0. The fourth-order valence-electron chi connectivity index (χ4n) is 3.67. The Morgan fingerprint density at radius 1 is 1.14 bits per heavy atom. The van der Waals surface area contributed by atoms with Crippen molar-refractivity contribution in [2.45, 2.75) is 44.5 Å². The number of hydrogen-bond acceptors (Lipinski definition) is 4. The van der Waals surface area contributed by atoms with Crippen molar-refractivity contribution < 1.29 is 22.6 Å². The third-order valence-corrected chi connectivity index (χ3v) is 5.48. The lowest BCUT2D eigenvalue weighted by atomic mass is 9.86. The molecule has 1 saturated carbocycles. The maximum atomic E-state index is 12.6. The molecule has 9 heteroatoms. The van der Waals surface area contributed by atoms with E-state index in [0.29, 0.717) is 24.3 Å². The number of aromatic nitrogens is 2. The summed E-state index contributed by atoms with van der Waals surface area (Å²) in [6.45, 7) is 2.42. The minimum absolute atomic E-state index is 0. The Morgan fingerprint density at radius 2 is 1.90 bits per heavy atom. The van der Waals surface area contributed by atoms with E-state index in [-0.39, 0.29) is 18.2 Å². The number of piperidine rings is 1. The number of nitrogens with zero attached hydrogens (tertiary/aromatic N) is 2. The van der Waals surface area contributed by atoms with Crippen LogP contribution in [0.4, 0.5) is 13.2 Å². The van der Waals surface area contributed by atoms with Crippen molar-refractivity contribution in [3.8, 4) is 22.6 Å². The summed E-state index contributed by atoms with van der Waals surface area (Å²) < 4.78 is 49.7. The highest BCUT2D eigenvalue weighted by Crippen LogP contribution is 2.37. The summed E-state index contributed by atoms with van der Waals surface area (Å²) in [7, 11) is 0. The molecule has 1 N–H and O–H groups in total. The van der Waals surface area contributed by atoms with Gasteiger partial charge in [-0.3, -0.25) is 4.68 Å². The summed E-state index contributed by atoms with van der Waals surface area (Å²) in [6.07, 6.45) is 4.36. The van der Waals surface area contributed by atoms with Gasteiger partial charge in [-0.15, -0.1) is 25.6 Å². The van der Waals surface area contributed by atoms with Crippen molar-refractivity contribution in [1.82, 2.24) is 15.1 Å². The molecule has 2 aliphatic rings. The number of nitrogens with one attached hydrogen (secondary N) is 1. The normalized spacial score (nSPS) is 18.0. The Balaban J connectivity index is 0.00000240. The Hall–Kier alpha value is -1.93. The fourth-order valence-corrected chi connectivity index (χ4v) is 3.67. The van der Waals surface area contributed by atoms with Crippen LogP contribution in [0.15, 0.2) is 30.6 Å². The van der Waals surface area contributed by atoms with Gasteiger partial charge >= 0.3 is 6.36 Å². The number of halogens is 4. The Morgan fingerprint density at radius 3 is 2.55 bits per heavy atom. The van der Waals surface area contributed by atoms with Gasteiger partial charge in [-0.2, -0.15) is 5.10 Å². The van der Waals surface area contributed by atoms with Gasteiger partial charge in [0.2, 0.25) is 0 Å². The van der Waals surface area contributed by atoms with Gasteiger partial charge in [0.15, 0.2) is 0 Å². The van der Waals surface area contributed by atoms with Gasteiger partial charge in [0.1, 0.15) is 11.5 Å². The topological polar surface area (TPSA) is 48.3 Å². The van der Waals surface area contributed by atoms with E-state index in [1.807, 2.05) is 10.9 Å². The minimum atomic E-state index is -4.73. The van der Waals surface area contributed by atoms with Crippen molar-refractivity contribution in [1.29, 1.82) is 0 Å². The number of rotatable bonds is 6. The molecule has 2 heterocycles. The third-order valence-electron chi connectivity index (χ3n) is 5.48. The molecule has 160 valence electrons. The lowest BCUT2D eigenvalue weighted by Crippen LogP contribution is -2.29. The average Bonchev–Trinajstić information content (AvgIpc) is 3.10. The van der Waals surface area contributed by atoms with Gasteiger partial charge in [0, 0.05) is 23.4 Å². The number of ether oxygens (including phenoxy) is 2. The molecule has 2 fully saturated rings. The highest BCUT2D eigenvalue weighted by Gasteiger charge is 2.31. The van der Waals surface area contributed by atoms with Gasteiger partial charge in [-0.05, 0) is 56.8 Å². The van der Waals surface area contributed by atoms with Crippen molar-refractivity contribution >= 4 is 12.4 Å². The quantitative estimate of drug-likeness (QED) is 0.701. The molecule has 4 rings (SSSR count). The van der Waals surface area contributed by atoms with E-state index in [4.69, 9.17) is 4.74 Å². The molecule has 5 nitrogen and oxygen atoms in total. The van der Waals surface area contributed by atoms with Crippen molar-refractivity contribution in [2.75, 3.05) is 19.7 Å². The summed E-state index contributed by atoms with van der Waals surface area (Å²) in [5.41, 5.74) is 1.56. The molecule has 1 aliphatic carbocycles. The van der Waals surface area contributed by atoms with Gasteiger partial charge in [0.05, 0.1) is 18.8 Å². The summed E-state index contributed by atoms with van der Waals surface area (Å²) in [4.78, 5) is 0. The Labute approximate surface area is 174 Å². The van der Waals surface area contributed by atoms with Crippen LogP contribution in [-0.4, -0.2) is 35.8 Å². The molecular weight excluding hydrogens is 407 g/mol. The van der Waals surface area contributed by atoms with Gasteiger partial charge in [0.25, 0.3) is 0 Å². The maximum Gasteiger partial charge on any atom is 0.573 e. The molecule has 1 aromatic carbocycles. The molecule has 0 atom stereocenters. The van der Waals surface area contributed by atoms with Gasteiger partial charge < -0.3 is 14.8 Å². The first-order valence-corrected chi connectivity index (χ1v) is 9.76. The third kappa shape index (κ3) is 5.57. The van der Waals surface area contributed by atoms with Crippen LogP contribution in [0.5, 0.6) is 11.5 Å². The second-order valence-electron chi connectivity index (χ2n) is 7.50. The Bertz CT molecular complexity index is 803. The van der Waals surface area contributed by atoms with E-state index in [2.05, 4.69) is 15.2 Å². The Kier molecular flexibility index (Phi) is 6.95. The molecule has 0 radical (unpaired) electrons. The number of hydrogen-bond donors (Lipinski definition) is 1. The first-order valence-electron chi connectivity index (χ1n) is 9.76. The highest BCUT2D eigenvalue weighted by molar-refractivity contribution is 5.85. The van der Waals surface area contributed by atoms with Crippen LogP contribution in [0.2, 0.25) is 0 Å². The van der Waals surface area contributed by atoms with E-state index in [0.717, 1.165) is 49.9 Å². The van der Waals surface area contributed by atoms with Crippen molar-refractivity contribution in [3.63, 3.8) is 0 Å². The van der Waals surface area contributed by atoms with Crippen LogP contribution in [-0.2, 0) is 0 Å². The van der Waals surface area contributed by atoms with Crippen LogP contribution in [0.3, 0.4) is 0 Å².